The Morgan fingerprint density at radius 1 is 0.946 bits per heavy atom. The fourth-order valence-electron chi connectivity index (χ4n) is 4.50. The summed E-state index contributed by atoms with van der Waals surface area (Å²) < 4.78 is 6.96. The van der Waals surface area contributed by atoms with Gasteiger partial charge in [0.05, 0.1) is 18.3 Å². The quantitative estimate of drug-likeness (QED) is 0.337. The highest BCUT2D eigenvalue weighted by molar-refractivity contribution is 6.01. The number of nitrogens with zero attached hydrogens (tertiary/aromatic N) is 4. The second-order valence-electron chi connectivity index (χ2n) is 8.96. The molecule has 186 valence electrons. The Labute approximate surface area is 214 Å². The molecule has 1 unspecified atom stereocenters. The first kappa shape index (κ1) is 24.0. The van der Waals surface area contributed by atoms with Gasteiger partial charge in [-0.3, -0.25) is 14.5 Å². The van der Waals surface area contributed by atoms with Crippen molar-refractivity contribution >= 4 is 28.5 Å². The van der Waals surface area contributed by atoms with Gasteiger partial charge in [0.2, 0.25) is 11.8 Å². The minimum atomic E-state index is -0.917. The third-order valence-electron chi connectivity index (χ3n) is 6.10. The van der Waals surface area contributed by atoms with E-state index >= 15 is 0 Å². The van der Waals surface area contributed by atoms with Crippen LogP contribution < -0.4 is 10.2 Å². The van der Waals surface area contributed by atoms with Gasteiger partial charge in [-0.2, -0.15) is 0 Å². The summed E-state index contributed by atoms with van der Waals surface area (Å²) in [5.74, 6) is 0.0136. The Kier molecular flexibility index (Phi) is 6.81. The van der Waals surface area contributed by atoms with Crippen LogP contribution >= 0.6 is 0 Å². The summed E-state index contributed by atoms with van der Waals surface area (Å²) >= 11 is 0. The second kappa shape index (κ2) is 10.5. The first-order valence-corrected chi connectivity index (χ1v) is 12.0. The molecular weight excluding hydrogens is 466 g/mol. The first-order valence-electron chi connectivity index (χ1n) is 12.0. The fraction of sp³-hybridized carbons (Fsp3) is 0.172. The van der Waals surface area contributed by atoms with Crippen LogP contribution in [-0.2, 0) is 22.7 Å². The Morgan fingerprint density at radius 2 is 1.68 bits per heavy atom. The molecule has 37 heavy (non-hydrogen) atoms. The lowest BCUT2D eigenvalue weighted by Gasteiger charge is -2.32. The molecule has 0 radical (unpaired) electrons. The van der Waals surface area contributed by atoms with Crippen molar-refractivity contribution in [2.24, 2.45) is 0 Å². The number of hydrogen-bond donors (Lipinski definition) is 1. The highest BCUT2D eigenvalue weighted by Gasteiger charge is 2.33. The Balaban J connectivity index is 1.57. The zero-order valence-electron chi connectivity index (χ0n) is 20.7. The molecular formula is C29H27N5O3. The minimum Gasteiger partial charge on any atom is -0.467 e. The van der Waals surface area contributed by atoms with Crippen LogP contribution in [0.4, 0.5) is 5.69 Å². The molecule has 8 heteroatoms. The number of anilines is 1. The average molecular weight is 494 g/mol. The molecule has 5 aromatic rings. The first-order chi connectivity index (χ1) is 18.0. The summed E-state index contributed by atoms with van der Waals surface area (Å²) in [7, 11) is 0. The zero-order chi connectivity index (χ0) is 25.8. The van der Waals surface area contributed by atoms with Gasteiger partial charge in [-0.15, -0.1) is 5.10 Å². The van der Waals surface area contributed by atoms with Gasteiger partial charge in [-0.1, -0.05) is 53.7 Å². The second-order valence-corrected chi connectivity index (χ2v) is 8.96. The van der Waals surface area contributed by atoms with Crippen molar-refractivity contribution in [3.05, 3.63) is 114 Å². The SMILES string of the molecule is Cc1cc(C)cc(N(C(=O)Cn2nnc3ccccc32)C(C(=O)NCc2ccco2)c2ccccc2)c1. The topological polar surface area (TPSA) is 93.3 Å². The number of benzene rings is 3. The van der Waals surface area contributed by atoms with E-state index in [9.17, 15) is 9.59 Å². The van der Waals surface area contributed by atoms with E-state index in [2.05, 4.69) is 15.6 Å². The monoisotopic (exact) mass is 493 g/mol. The van der Waals surface area contributed by atoms with Gasteiger partial charge in [0.25, 0.3) is 0 Å². The molecule has 0 aliphatic rings. The maximum absolute atomic E-state index is 14.1. The number of aromatic nitrogens is 3. The van der Waals surface area contributed by atoms with E-state index in [0.29, 0.717) is 22.5 Å². The molecule has 0 aliphatic heterocycles. The van der Waals surface area contributed by atoms with Gasteiger partial charge < -0.3 is 9.73 Å². The summed E-state index contributed by atoms with van der Waals surface area (Å²) in [6.45, 7) is 4.07. The lowest BCUT2D eigenvalue weighted by Crippen LogP contribution is -2.45. The van der Waals surface area contributed by atoms with Gasteiger partial charge in [0.15, 0.2) is 0 Å². The summed E-state index contributed by atoms with van der Waals surface area (Å²) in [5, 5.41) is 11.3. The number of amides is 2. The van der Waals surface area contributed by atoms with Crippen LogP contribution in [0.3, 0.4) is 0 Å². The Hall–Kier alpha value is -4.72. The van der Waals surface area contributed by atoms with E-state index in [0.717, 1.165) is 16.6 Å². The molecule has 0 saturated heterocycles. The number of fused-ring (bicyclic) bond motifs is 1. The number of para-hydroxylation sites is 1. The zero-order valence-corrected chi connectivity index (χ0v) is 20.7. The van der Waals surface area contributed by atoms with E-state index in [4.69, 9.17) is 4.42 Å². The summed E-state index contributed by atoms with van der Waals surface area (Å²) in [6, 6.07) is 25.3. The standard InChI is InChI=1S/C29H27N5O3/c1-20-15-21(2)17-23(16-20)34(27(35)19-33-26-13-7-6-12-25(26)31-32-33)28(22-9-4-3-5-10-22)29(36)30-18-24-11-8-14-37-24/h3-17,28H,18-19H2,1-2H3,(H,30,36). The molecule has 5 rings (SSSR count). The molecule has 0 aliphatic carbocycles. The number of furan rings is 1. The number of rotatable bonds is 8. The van der Waals surface area contributed by atoms with Crippen LogP contribution in [0.25, 0.3) is 11.0 Å². The normalized spacial score (nSPS) is 11.8. The van der Waals surface area contributed by atoms with Crippen LogP contribution in [-0.4, -0.2) is 26.8 Å². The summed E-state index contributed by atoms with van der Waals surface area (Å²) in [4.78, 5) is 29.4. The molecule has 2 amide bonds. The van der Waals surface area contributed by atoms with E-state index < -0.39 is 6.04 Å². The van der Waals surface area contributed by atoms with Crippen molar-refractivity contribution in [3.63, 3.8) is 0 Å². The smallest absolute Gasteiger partial charge is 0.249 e. The number of hydrogen-bond acceptors (Lipinski definition) is 5. The van der Waals surface area contributed by atoms with Gasteiger partial charge in [0.1, 0.15) is 23.9 Å². The van der Waals surface area contributed by atoms with Crippen LogP contribution in [0.1, 0.15) is 28.5 Å². The molecule has 1 atom stereocenters. The van der Waals surface area contributed by atoms with Crippen LogP contribution in [0.15, 0.2) is 95.6 Å². The summed E-state index contributed by atoms with van der Waals surface area (Å²) in [6.07, 6.45) is 1.56. The highest BCUT2D eigenvalue weighted by Crippen LogP contribution is 2.30. The van der Waals surface area contributed by atoms with Gasteiger partial charge in [0, 0.05) is 5.69 Å². The van der Waals surface area contributed by atoms with Crippen molar-refractivity contribution in [1.82, 2.24) is 20.3 Å². The third-order valence-corrected chi connectivity index (χ3v) is 6.10. The molecule has 0 bridgehead atoms. The van der Waals surface area contributed by atoms with Crippen LogP contribution in [0, 0.1) is 13.8 Å². The minimum absolute atomic E-state index is 0.0811. The van der Waals surface area contributed by atoms with Crippen molar-refractivity contribution in [2.75, 3.05) is 4.90 Å². The van der Waals surface area contributed by atoms with Gasteiger partial charge >= 0.3 is 0 Å². The van der Waals surface area contributed by atoms with E-state index in [1.54, 1.807) is 28.0 Å². The number of nitrogens with one attached hydrogen (secondary N) is 1. The van der Waals surface area contributed by atoms with Crippen LogP contribution in [0.2, 0.25) is 0 Å². The lowest BCUT2D eigenvalue weighted by molar-refractivity contribution is -0.127. The molecule has 0 fully saturated rings. The average Bonchev–Trinajstić information content (AvgIpc) is 3.56. The van der Waals surface area contributed by atoms with E-state index in [1.165, 1.54) is 0 Å². The van der Waals surface area contributed by atoms with Gasteiger partial charge in [-0.25, -0.2) is 4.68 Å². The molecule has 2 heterocycles. The molecule has 3 aromatic carbocycles. The molecule has 2 aromatic heterocycles. The Bertz CT molecular complexity index is 1510. The third kappa shape index (κ3) is 5.28. The lowest BCUT2D eigenvalue weighted by atomic mass is 10.0. The number of carbonyl (C=O) groups excluding carboxylic acids is 2. The van der Waals surface area contributed by atoms with E-state index in [1.807, 2.05) is 86.6 Å². The molecule has 8 nitrogen and oxygen atoms in total. The predicted molar refractivity (Wildman–Crippen MR) is 141 cm³/mol. The predicted octanol–water partition coefficient (Wildman–Crippen LogP) is 4.73. The maximum atomic E-state index is 14.1. The van der Waals surface area contributed by atoms with Crippen molar-refractivity contribution in [2.45, 2.75) is 33.0 Å². The van der Waals surface area contributed by atoms with E-state index in [-0.39, 0.29) is 24.9 Å². The van der Waals surface area contributed by atoms with Crippen molar-refractivity contribution < 1.29 is 14.0 Å². The van der Waals surface area contributed by atoms with Crippen molar-refractivity contribution in [1.29, 1.82) is 0 Å². The Morgan fingerprint density at radius 3 is 2.41 bits per heavy atom. The van der Waals surface area contributed by atoms with Crippen molar-refractivity contribution in [3.8, 4) is 0 Å². The fourth-order valence-corrected chi connectivity index (χ4v) is 4.50. The summed E-state index contributed by atoms with van der Waals surface area (Å²) in [5.41, 5.74) is 4.74. The highest BCUT2D eigenvalue weighted by atomic mass is 16.3. The maximum Gasteiger partial charge on any atom is 0.249 e. The van der Waals surface area contributed by atoms with Gasteiger partial charge in [-0.05, 0) is 66.9 Å². The molecule has 0 saturated carbocycles. The van der Waals surface area contributed by atoms with Crippen LogP contribution in [0.5, 0.6) is 0 Å². The largest absolute Gasteiger partial charge is 0.467 e. The number of aryl methyl sites for hydroxylation is 2. The number of carbonyl (C=O) groups is 2. The molecule has 0 spiro atoms. The molecule has 1 N–H and O–H groups in total.